The van der Waals surface area contributed by atoms with Gasteiger partial charge in [0.25, 0.3) is 0 Å². The molecule has 0 radical (unpaired) electrons. The van der Waals surface area contributed by atoms with E-state index >= 15 is 0 Å². The summed E-state index contributed by atoms with van der Waals surface area (Å²) in [6, 6.07) is 0. The van der Waals surface area contributed by atoms with Gasteiger partial charge >= 0.3 is 0 Å². The number of fused-ring (bicyclic) bond motifs is 7. The zero-order valence-corrected chi connectivity index (χ0v) is 22.2. The molecule has 11 atom stereocenters. The molecule has 0 heterocycles. The highest BCUT2D eigenvalue weighted by Crippen LogP contribution is 2.77. The molecule has 5 saturated carbocycles. The predicted octanol–water partition coefficient (Wildman–Crippen LogP) is 5.44. The molecule has 0 spiro atoms. The molecule has 4 heteroatoms. The lowest BCUT2D eigenvalue weighted by Gasteiger charge is -2.72. The van der Waals surface area contributed by atoms with Crippen molar-refractivity contribution < 1.29 is 19.8 Å². The molecule has 0 aromatic heterocycles. The number of aldehydes is 1. The largest absolute Gasteiger partial charge is 0.396 e. The second kappa shape index (κ2) is 7.88. The maximum Gasteiger partial charge on any atom is 0.141 e. The number of ketones is 1. The van der Waals surface area contributed by atoms with E-state index in [2.05, 4.69) is 27.7 Å². The summed E-state index contributed by atoms with van der Waals surface area (Å²) in [7, 11) is 0. The Hall–Kier alpha value is -0.740. The van der Waals surface area contributed by atoms with Gasteiger partial charge in [-0.1, -0.05) is 34.6 Å². The molecule has 4 nitrogen and oxygen atoms in total. The van der Waals surface area contributed by atoms with E-state index in [0.29, 0.717) is 30.1 Å². The summed E-state index contributed by atoms with van der Waals surface area (Å²) in [6.07, 6.45) is 11.6. The van der Waals surface area contributed by atoms with Gasteiger partial charge in [0.15, 0.2) is 0 Å². The topological polar surface area (TPSA) is 74.6 Å². The first kappa shape index (κ1) is 24.9. The Bertz CT molecular complexity index is 855. The van der Waals surface area contributed by atoms with Gasteiger partial charge in [0.2, 0.25) is 0 Å². The van der Waals surface area contributed by atoms with Gasteiger partial charge < -0.3 is 15.0 Å². The molecule has 2 N–H and O–H groups in total. The molecule has 0 amide bonds. The van der Waals surface area contributed by atoms with Gasteiger partial charge in [-0.05, 0) is 109 Å². The third-order valence-electron chi connectivity index (χ3n) is 13.8. The third-order valence-corrected chi connectivity index (χ3v) is 13.8. The van der Waals surface area contributed by atoms with Crippen molar-refractivity contribution in [2.45, 2.75) is 98.8 Å². The second-order valence-corrected chi connectivity index (χ2v) is 14.4. The lowest BCUT2D eigenvalue weighted by Crippen LogP contribution is -2.67. The van der Waals surface area contributed by atoms with E-state index in [-0.39, 0.29) is 52.5 Å². The maximum atomic E-state index is 13.0. The van der Waals surface area contributed by atoms with Gasteiger partial charge in [-0.15, -0.1) is 0 Å². The highest BCUT2D eigenvalue weighted by Gasteiger charge is 2.71. The first-order valence-corrected chi connectivity index (χ1v) is 14.2. The van der Waals surface area contributed by atoms with Gasteiger partial charge in [0, 0.05) is 18.9 Å². The Labute approximate surface area is 206 Å². The average Bonchev–Trinajstić information content (AvgIpc) is 3.22. The number of rotatable bonds is 4. The fraction of sp³-hybridized carbons (Fsp3) is 0.933. The van der Waals surface area contributed by atoms with Crippen LogP contribution in [0.4, 0.5) is 0 Å². The minimum absolute atomic E-state index is 0.00311. The quantitative estimate of drug-likeness (QED) is 0.535. The van der Waals surface area contributed by atoms with Crippen LogP contribution in [0.15, 0.2) is 0 Å². The summed E-state index contributed by atoms with van der Waals surface area (Å²) >= 11 is 0. The fourth-order valence-electron chi connectivity index (χ4n) is 11.6. The van der Waals surface area contributed by atoms with E-state index in [9.17, 15) is 19.8 Å². The third kappa shape index (κ3) is 2.85. The summed E-state index contributed by atoms with van der Waals surface area (Å²) < 4.78 is 0. The Morgan fingerprint density at radius 3 is 2.26 bits per heavy atom. The predicted molar refractivity (Wildman–Crippen MR) is 133 cm³/mol. The van der Waals surface area contributed by atoms with Crippen molar-refractivity contribution in [2.75, 3.05) is 13.2 Å². The summed E-state index contributed by atoms with van der Waals surface area (Å²) in [6.45, 7) is 12.0. The van der Waals surface area contributed by atoms with Crippen molar-refractivity contribution in [3.63, 3.8) is 0 Å². The smallest absolute Gasteiger partial charge is 0.141 e. The Kier molecular flexibility index (Phi) is 5.78. The van der Waals surface area contributed by atoms with Crippen LogP contribution in [-0.2, 0) is 9.59 Å². The summed E-state index contributed by atoms with van der Waals surface area (Å²) in [5, 5.41) is 21.0. The molecule has 0 bridgehead atoms. The van der Waals surface area contributed by atoms with Gasteiger partial charge in [-0.25, -0.2) is 0 Å². The van der Waals surface area contributed by atoms with E-state index in [1.165, 1.54) is 25.5 Å². The molecular formula is C30H48O4. The number of aliphatic hydroxyl groups excluding tert-OH is 2. The molecule has 5 aliphatic rings. The van der Waals surface area contributed by atoms with Crippen LogP contribution >= 0.6 is 0 Å². The van der Waals surface area contributed by atoms with E-state index in [0.717, 1.165) is 38.5 Å². The SMILES string of the molecule is CC(C=O)[C@@H]1CC[C@]2(CO)CC[C@]3(C)[C@H](CC[C@@H]4[C@@]5(C)CCC(=O)C(C)(CO)[C@@H]5CC[C@]43C)[C@@H]12. The summed E-state index contributed by atoms with van der Waals surface area (Å²) in [5.74, 6) is 2.54. The van der Waals surface area contributed by atoms with Crippen molar-refractivity contribution in [2.24, 2.45) is 62.6 Å². The molecule has 2 unspecified atom stereocenters. The number of Topliss-reactive ketones (excluding diaryl/α,β-unsaturated/α-hetero) is 1. The van der Waals surface area contributed by atoms with E-state index in [1.54, 1.807) is 0 Å². The van der Waals surface area contributed by atoms with Crippen molar-refractivity contribution in [3.8, 4) is 0 Å². The molecule has 34 heavy (non-hydrogen) atoms. The van der Waals surface area contributed by atoms with Crippen LogP contribution in [-0.4, -0.2) is 35.5 Å². The number of carbonyl (C=O) groups is 2. The van der Waals surface area contributed by atoms with Crippen LogP contribution < -0.4 is 0 Å². The van der Waals surface area contributed by atoms with Crippen LogP contribution in [0.5, 0.6) is 0 Å². The van der Waals surface area contributed by atoms with Crippen molar-refractivity contribution in [1.29, 1.82) is 0 Å². The summed E-state index contributed by atoms with van der Waals surface area (Å²) in [4.78, 5) is 24.9. The number of hydrogen-bond donors (Lipinski definition) is 2. The molecule has 0 aromatic rings. The van der Waals surface area contributed by atoms with Gasteiger partial charge in [-0.2, -0.15) is 0 Å². The summed E-state index contributed by atoms with van der Waals surface area (Å²) in [5.41, 5.74) is -0.126. The maximum absolute atomic E-state index is 13.0. The molecular weight excluding hydrogens is 424 g/mol. The average molecular weight is 473 g/mol. The highest BCUT2D eigenvalue weighted by atomic mass is 16.3. The fourth-order valence-corrected chi connectivity index (χ4v) is 11.6. The monoisotopic (exact) mass is 472 g/mol. The number of hydrogen-bond acceptors (Lipinski definition) is 4. The molecule has 0 aliphatic heterocycles. The van der Waals surface area contributed by atoms with Crippen LogP contribution in [0.2, 0.25) is 0 Å². The van der Waals surface area contributed by atoms with Gasteiger partial charge in [-0.3, -0.25) is 4.79 Å². The van der Waals surface area contributed by atoms with Crippen molar-refractivity contribution in [3.05, 3.63) is 0 Å². The molecule has 5 fully saturated rings. The van der Waals surface area contributed by atoms with E-state index in [4.69, 9.17) is 0 Å². The standard InChI is InChI=1S/C30H48O4/c1-19(16-31)20-8-13-30(18-33)15-14-28(4)21(25(20)30)6-7-23-26(2)11-10-24(34)27(3,17-32)22(26)9-12-29(23,28)5/h16,19-23,25,32-33H,6-15,17-18H2,1-5H3/t19?,20-,21+,22+,23+,25+,26-,27?,28+,29+,30+/m0/s1. The minimum atomic E-state index is -0.597. The molecule has 0 aromatic carbocycles. The lowest BCUT2D eigenvalue weighted by molar-refractivity contribution is -0.241. The number of carbonyl (C=O) groups excluding carboxylic acids is 2. The van der Waals surface area contributed by atoms with E-state index in [1.807, 2.05) is 6.92 Å². The Morgan fingerprint density at radius 2 is 1.62 bits per heavy atom. The number of aliphatic hydroxyl groups is 2. The van der Waals surface area contributed by atoms with Gasteiger partial charge in [0.05, 0.1) is 12.0 Å². The van der Waals surface area contributed by atoms with Crippen LogP contribution in [0, 0.1) is 62.6 Å². The van der Waals surface area contributed by atoms with Crippen LogP contribution in [0.1, 0.15) is 98.8 Å². The van der Waals surface area contributed by atoms with Crippen molar-refractivity contribution in [1.82, 2.24) is 0 Å². The second-order valence-electron chi connectivity index (χ2n) is 14.4. The first-order valence-electron chi connectivity index (χ1n) is 14.2. The van der Waals surface area contributed by atoms with E-state index < -0.39 is 5.41 Å². The lowest BCUT2D eigenvalue weighted by atomic mass is 9.32. The molecule has 192 valence electrons. The zero-order chi connectivity index (χ0) is 24.7. The van der Waals surface area contributed by atoms with Crippen molar-refractivity contribution >= 4 is 12.1 Å². The first-order chi connectivity index (χ1) is 16.0. The Morgan fingerprint density at radius 1 is 0.882 bits per heavy atom. The molecule has 5 rings (SSSR count). The Balaban J connectivity index is 1.55. The van der Waals surface area contributed by atoms with Crippen LogP contribution in [0.3, 0.4) is 0 Å². The zero-order valence-electron chi connectivity index (χ0n) is 22.2. The molecule has 0 saturated heterocycles. The van der Waals surface area contributed by atoms with Gasteiger partial charge in [0.1, 0.15) is 12.1 Å². The normalized spacial score (nSPS) is 55.5. The highest BCUT2D eigenvalue weighted by molar-refractivity contribution is 5.86. The van der Waals surface area contributed by atoms with Crippen LogP contribution in [0.25, 0.3) is 0 Å². The molecule has 5 aliphatic carbocycles. The minimum Gasteiger partial charge on any atom is -0.396 e.